The lowest BCUT2D eigenvalue weighted by Gasteiger charge is -2.22. The molecular weight excluding hydrogens is 313 g/mol. The van der Waals surface area contributed by atoms with Crippen LogP contribution in [0.3, 0.4) is 0 Å². The lowest BCUT2D eigenvalue weighted by molar-refractivity contribution is -0.138. The van der Waals surface area contributed by atoms with Gasteiger partial charge in [-0.15, -0.1) is 0 Å². The smallest absolute Gasteiger partial charge is 0.419 e. The second-order valence-electron chi connectivity index (χ2n) is 6.35. The number of hydrogen-bond donors (Lipinski definition) is 1. The first-order valence-electron chi connectivity index (χ1n) is 7.18. The van der Waals surface area contributed by atoms with Crippen LogP contribution in [0, 0.1) is 0 Å². The zero-order chi connectivity index (χ0) is 17.3. The summed E-state index contributed by atoms with van der Waals surface area (Å²) in [5, 5.41) is 2.73. The van der Waals surface area contributed by atoms with Crippen LogP contribution in [-0.2, 0) is 10.9 Å². The molecule has 23 heavy (non-hydrogen) atoms. The Balaban J connectivity index is 1.91. The van der Waals surface area contributed by atoms with Crippen molar-refractivity contribution in [3.05, 3.63) is 18.0 Å². The van der Waals surface area contributed by atoms with Crippen LogP contribution in [0.25, 0.3) is 0 Å². The van der Waals surface area contributed by atoms with Gasteiger partial charge in [0.05, 0.1) is 11.6 Å². The minimum atomic E-state index is -4.45. The van der Waals surface area contributed by atoms with Crippen LogP contribution in [0.5, 0.6) is 0 Å². The average Bonchev–Trinajstić information content (AvgIpc) is 2.84. The van der Waals surface area contributed by atoms with Crippen LogP contribution in [-0.4, -0.2) is 40.8 Å². The van der Waals surface area contributed by atoms with Gasteiger partial charge in [0.15, 0.2) is 0 Å². The van der Waals surface area contributed by atoms with E-state index in [0.29, 0.717) is 19.5 Å². The average molecular weight is 332 g/mol. The molecular formula is C14H19F3N4O2. The summed E-state index contributed by atoms with van der Waals surface area (Å²) in [6.07, 6.45) is -2.81. The van der Waals surface area contributed by atoms with Crippen molar-refractivity contribution in [2.24, 2.45) is 0 Å². The molecule has 0 radical (unpaired) electrons. The van der Waals surface area contributed by atoms with Crippen molar-refractivity contribution in [3.8, 4) is 0 Å². The molecule has 2 rings (SSSR count). The quantitative estimate of drug-likeness (QED) is 0.902. The van der Waals surface area contributed by atoms with E-state index in [1.807, 2.05) is 0 Å². The number of rotatable bonds is 2. The lowest BCUT2D eigenvalue weighted by atomic mass is 10.2. The van der Waals surface area contributed by atoms with Crippen molar-refractivity contribution in [3.63, 3.8) is 0 Å². The molecule has 0 spiro atoms. The maximum atomic E-state index is 12.5. The van der Waals surface area contributed by atoms with E-state index in [2.05, 4.69) is 15.3 Å². The number of nitrogens with zero attached hydrogens (tertiary/aromatic N) is 3. The topological polar surface area (TPSA) is 67.3 Å². The number of alkyl halides is 3. The van der Waals surface area contributed by atoms with E-state index in [0.717, 1.165) is 12.4 Å². The Morgan fingerprint density at radius 2 is 1.91 bits per heavy atom. The number of alkyl carbamates (subject to hydrolysis) is 1. The molecule has 1 N–H and O–H groups in total. The number of ether oxygens (including phenoxy) is 1. The highest BCUT2D eigenvalue weighted by molar-refractivity contribution is 5.68. The first-order chi connectivity index (χ1) is 10.5. The standard InChI is InChI=1S/C14H19F3N4O2/c1-13(2,3)23-12(22)20-10-4-5-21(8-10)11-18-6-9(7-19-11)14(15,16)17/h6-7,10H,4-5,8H2,1-3H3,(H,20,22)/t10-/m1/s1. The van der Waals surface area contributed by atoms with Crippen LogP contribution in [0.4, 0.5) is 23.9 Å². The number of nitrogens with one attached hydrogen (secondary N) is 1. The second kappa shape index (κ2) is 6.21. The Labute approximate surface area is 132 Å². The molecule has 0 aromatic carbocycles. The molecule has 128 valence electrons. The van der Waals surface area contributed by atoms with Crippen LogP contribution < -0.4 is 10.2 Å². The van der Waals surface area contributed by atoms with Gasteiger partial charge in [-0.3, -0.25) is 0 Å². The first kappa shape index (κ1) is 17.3. The predicted octanol–water partition coefficient (Wildman–Crippen LogP) is 2.60. The molecule has 1 aliphatic rings. The highest BCUT2D eigenvalue weighted by Gasteiger charge is 2.32. The van der Waals surface area contributed by atoms with Crippen LogP contribution >= 0.6 is 0 Å². The van der Waals surface area contributed by atoms with Gasteiger partial charge in [0.2, 0.25) is 5.95 Å². The third-order valence-corrected chi connectivity index (χ3v) is 3.16. The molecule has 2 heterocycles. The molecule has 1 aromatic heterocycles. The minimum Gasteiger partial charge on any atom is -0.444 e. The van der Waals surface area contributed by atoms with Crippen molar-refractivity contribution >= 4 is 12.0 Å². The van der Waals surface area contributed by atoms with E-state index >= 15 is 0 Å². The SMILES string of the molecule is CC(C)(C)OC(=O)N[C@@H]1CCN(c2ncc(C(F)(F)F)cn2)C1. The Kier molecular flexibility index (Phi) is 4.67. The van der Waals surface area contributed by atoms with E-state index in [1.165, 1.54) is 0 Å². The predicted molar refractivity (Wildman–Crippen MR) is 77.0 cm³/mol. The van der Waals surface area contributed by atoms with Gasteiger partial charge in [0.25, 0.3) is 0 Å². The molecule has 0 saturated carbocycles. The largest absolute Gasteiger partial charge is 0.444 e. The van der Waals surface area contributed by atoms with Crippen molar-refractivity contribution in [1.82, 2.24) is 15.3 Å². The highest BCUT2D eigenvalue weighted by Crippen LogP contribution is 2.28. The summed E-state index contributed by atoms with van der Waals surface area (Å²) in [5.74, 6) is 0.214. The fraction of sp³-hybridized carbons (Fsp3) is 0.643. The Morgan fingerprint density at radius 3 is 2.43 bits per heavy atom. The monoisotopic (exact) mass is 332 g/mol. The lowest BCUT2D eigenvalue weighted by Crippen LogP contribution is -2.40. The molecule has 0 aliphatic carbocycles. The zero-order valence-electron chi connectivity index (χ0n) is 13.1. The van der Waals surface area contributed by atoms with Crippen LogP contribution in [0.1, 0.15) is 32.8 Å². The molecule has 9 heteroatoms. The van der Waals surface area contributed by atoms with E-state index in [9.17, 15) is 18.0 Å². The summed E-state index contributed by atoms with van der Waals surface area (Å²) in [5.41, 5.74) is -1.47. The molecule has 1 fully saturated rings. The number of aromatic nitrogens is 2. The highest BCUT2D eigenvalue weighted by atomic mass is 19.4. The number of carbonyl (C=O) groups is 1. The van der Waals surface area contributed by atoms with Gasteiger partial charge in [-0.05, 0) is 27.2 Å². The third kappa shape index (κ3) is 4.97. The van der Waals surface area contributed by atoms with Crippen molar-refractivity contribution in [2.45, 2.75) is 45.0 Å². The number of carbonyl (C=O) groups excluding carboxylic acids is 1. The maximum Gasteiger partial charge on any atom is 0.419 e. The van der Waals surface area contributed by atoms with Crippen LogP contribution in [0.2, 0.25) is 0 Å². The molecule has 1 aromatic rings. The number of amides is 1. The van der Waals surface area contributed by atoms with E-state index in [4.69, 9.17) is 4.74 Å². The molecule has 1 atom stereocenters. The zero-order valence-corrected chi connectivity index (χ0v) is 13.1. The first-order valence-corrected chi connectivity index (χ1v) is 7.18. The summed E-state index contributed by atoms with van der Waals surface area (Å²) in [4.78, 5) is 20.9. The second-order valence-corrected chi connectivity index (χ2v) is 6.35. The fourth-order valence-electron chi connectivity index (χ4n) is 2.16. The van der Waals surface area contributed by atoms with Crippen molar-refractivity contribution in [1.29, 1.82) is 0 Å². The Hall–Kier alpha value is -2.06. The van der Waals surface area contributed by atoms with Gasteiger partial charge in [-0.1, -0.05) is 0 Å². The van der Waals surface area contributed by atoms with Gasteiger partial charge in [-0.25, -0.2) is 14.8 Å². The van der Waals surface area contributed by atoms with Crippen molar-refractivity contribution < 1.29 is 22.7 Å². The number of anilines is 1. The summed E-state index contributed by atoms with van der Waals surface area (Å²) < 4.78 is 42.6. The van der Waals surface area contributed by atoms with Crippen molar-refractivity contribution in [2.75, 3.05) is 18.0 Å². The van der Waals surface area contributed by atoms with Gasteiger partial charge < -0.3 is 15.0 Å². The molecule has 1 amide bonds. The summed E-state index contributed by atoms with van der Waals surface area (Å²) in [6, 6.07) is -0.157. The van der Waals surface area contributed by atoms with Gasteiger partial charge in [0, 0.05) is 25.5 Å². The van der Waals surface area contributed by atoms with Gasteiger partial charge in [-0.2, -0.15) is 13.2 Å². The Bertz CT molecular complexity index is 555. The Morgan fingerprint density at radius 1 is 1.30 bits per heavy atom. The number of hydrogen-bond acceptors (Lipinski definition) is 5. The van der Waals surface area contributed by atoms with E-state index in [-0.39, 0.29) is 12.0 Å². The van der Waals surface area contributed by atoms with E-state index < -0.39 is 23.4 Å². The molecule has 0 bridgehead atoms. The minimum absolute atomic E-state index is 0.157. The summed E-state index contributed by atoms with van der Waals surface area (Å²) >= 11 is 0. The normalized spacial score (nSPS) is 18.9. The molecule has 0 unspecified atom stereocenters. The van der Waals surface area contributed by atoms with Crippen LogP contribution in [0.15, 0.2) is 12.4 Å². The third-order valence-electron chi connectivity index (χ3n) is 3.16. The molecule has 1 aliphatic heterocycles. The van der Waals surface area contributed by atoms with Gasteiger partial charge in [0.1, 0.15) is 5.60 Å². The fourth-order valence-corrected chi connectivity index (χ4v) is 2.16. The summed E-state index contributed by atoms with van der Waals surface area (Å²) in [6.45, 7) is 6.27. The molecule has 6 nitrogen and oxygen atoms in total. The van der Waals surface area contributed by atoms with Gasteiger partial charge >= 0.3 is 12.3 Å². The molecule has 1 saturated heterocycles. The number of halogens is 3. The maximum absolute atomic E-state index is 12.5. The summed E-state index contributed by atoms with van der Waals surface area (Å²) in [7, 11) is 0. The van der Waals surface area contributed by atoms with E-state index in [1.54, 1.807) is 25.7 Å².